The number of anilines is 1. The molecule has 2 N–H and O–H groups in total. The molecule has 1 aromatic rings. The summed E-state index contributed by atoms with van der Waals surface area (Å²) in [6.07, 6.45) is 1.88. The molecule has 0 radical (unpaired) electrons. The van der Waals surface area contributed by atoms with Crippen molar-refractivity contribution in [3.63, 3.8) is 0 Å². The number of benzene rings is 1. The summed E-state index contributed by atoms with van der Waals surface area (Å²) < 4.78 is 13.0. The van der Waals surface area contributed by atoms with E-state index >= 15 is 0 Å². The van der Waals surface area contributed by atoms with Gasteiger partial charge in [0.2, 0.25) is 11.8 Å². The second-order valence-electron chi connectivity index (χ2n) is 4.92. The molecule has 1 fully saturated rings. The lowest BCUT2D eigenvalue weighted by atomic mass is 10.0. The van der Waals surface area contributed by atoms with Gasteiger partial charge in [0.1, 0.15) is 11.2 Å². The van der Waals surface area contributed by atoms with Crippen molar-refractivity contribution < 1.29 is 14.0 Å². The van der Waals surface area contributed by atoms with Gasteiger partial charge in [0.25, 0.3) is 0 Å². The third-order valence-electron chi connectivity index (χ3n) is 3.33. The van der Waals surface area contributed by atoms with Crippen LogP contribution in [0.4, 0.5) is 10.1 Å². The van der Waals surface area contributed by atoms with E-state index in [9.17, 15) is 14.0 Å². The van der Waals surface area contributed by atoms with Crippen LogP contribution in [0.15, 0.2) is 18.2 Å². The molecule has 4 nitrogen and oxygen atoms in total. The Hall–Kier alpha value is -1.62. The van der Waals surface area contributed by atoms with Gasteiger partial charge in [-0.25, -0.2) is 4.39 Å². The van der Waals surface area contributed by atoms with Crippen molar-refractivity contribution in [1.82, 2.24) is 5.32 Å². The van der Waals surface area contributed by atoms with Crippen molar-refractivity contribution in [3.05, 3.63) is 29.0 Å². The molecule has 0 unspecified atom stereocenters. The maximum atomic E-state index is 13.0. The summed E-state index contributed by atoms with van der Waals surface area (Å²) in [4.78, 5) is 24.2. The standard InChI is InChI=1S/C14H16ClFN2O2/c1-2-7-17-12(19)14(5-6-14)13(20)18-9-3-4-11(16)10(15)8-9/h3-4,8H,2,5-7H2,1H3,(H,17,19)(H,18,20). The lowest BCUT2D eigenvalue weighted by Gasteiger charge is -2.15. The van der Waals surface area contributed by atoms with Crippen molar-refractivity contribution in [2.45, 2.75) is 26.2 Å². The van der Waals surface area contributed by atoms with Crippen molar-refractivity contribution in [2.24, 2.45) is 5.41 Å². The van der Waals surface area contributed by atoms with Gasteiger partial charge in [-0.3, -0.25) is 9.59 Å². The second-order valence-corrected chi connectivity index (χ2v) is 5.33. The number of hydrogen-bond donors (Lipinski definition) is 2. The van der Waals surface area contributed by atoms with E-state index in [2.05, 4.69) is 10.6 Å². The van der Waals surface area contributed by atoms with E-state index in [1.165, 1.54) is 18.2 Å². The predicted molar refractivity (Wildman–Crippen MR) is 75.0 cm³/mol. The minimum atomic E-state index is -0.976. The molecule has 0 aromatic heterocycles. The van der Waals surface area contributed by atoms with E-state index < -0.39 is 11.2 Å². The third kappa shape index (κ3) is 2.93. The Labute approximate surface area is 121 Å². The van der Waals surface area contributed by atoms with E-state index in [0.717, 1.165) is 6.42 Å². The predicted octanol–water partition coefficient (Wildman–Crippen LogP) is 2.72. The molecule has 2 amide bonds. The van der Waals surface area contributed by atoms with Crippen LogP contribution in [0.2, 0.25) is 5.02 Å². The number of carbonyl (C=O) groups is 2. The fraction of sp³-hybridized carbons (Fsp3) is 0.429. The van der Waals surface area contributed by atoms with Crippen LogP contribution in [-0.4, -0.2) is 18.4 Å². The van der Waals surface area contributed by atoms with Crippen LogP contribution in [0.25, 0.3) is 0 Å². The molecule has 1 saturated carbocycles. The monoisotopic (exact) mass is 298 g/mol. The summed E-state index contributed by atoms with van der Waals surface area (Å²) in [5.74, 6) is -1.16. The quantitative estimate of drug-likeness (QED) is 0.821. The van der Waals surface area contributed by atoms with Crippen molar-refractivity contribution >= 4 is 29.1 Å². The van der Waals surface area contributed by atoms with Gasteiger partial charge in [-0.1, -0.05) is 18.5 Å². The smallest absolute Gasteiger partial charge is 0.240 e. The zero-order chi connectivity index (χ0) is 14.8. The van der Waals surface area contributed by atoms with Crippen molar-refractivity contribution in [3.8, 4) is 0 Å². The average molecular weight is 299 g/mol. The lowest BCUT2D eigenvalue weighted by molar-refractivity contribution is -0.134. The Balaban J connectivity index is 2.04. The highest BCUT2D eigenvalue weighted by atomic mass is 35.5. The van der Waals surface area contributed by atoms with Crippen LogP contribution in [-0.2, 0) is 9.59 Å². The first kappa shape index (κ1) is 14.8. The molecule has 1 aliphatic carbocycles. The Bertz CT molecular complexity index is 544. The molecule has 108 valence electrons. The number of halogens is 2. The molecule has 0 heterocycles. The van der Waals surface area contributed by atoms with Crippen LogP contribution >= 0.6 is 11.6 Å². The highest BCUT2D eigenvalue weighted by molar-refractivity contribution is 6.31. The lowest BCUT2D eigenvalue weighted by Crippen LogP contribution is -2.40. The zero-order valence-corrected chi connectivity index (χ0v) is 11.9. The summed E-state index contributed by atoms with van der Waals surface area (Å²) >= 11 is 5.65. The van der Waals surface area contributed by atoms with E-state index in [1.807, 2.05) is 6.92 Å². The number of nitrogens with one attached hydrogen (secondary N) is 2. The summed E-state index contributed by atoms with van der Waals surface area (Å²) in [5, 5.41) is 5.29. The Morgan fingerprint density at radius 2 is 2.05 bits per heavy atom. The van der Waals surface area contributed by atoms with Gasteiger partial charge in [0.05, 0.1) is 5.02 Å². The molecule has 0 aliphatic heterocycles. The van der Waals surface area contributed by atoms with Crippen LogP contribution in [0.1, 0.15) is 26.2 Å². The van der Waals surface area contributed by atoms with Crippen LogP contribution in [0.3, 0.4) is 0 Å². The molecular formula is C14H16ClFN2O2. The molecule has 2 rings (SSSR count). The zero-order valence-electron chi connectivity index (χ0n) is 11.1. The summed E-state index contributed by atoms with van der Waals surface area (Å²) in [5.41, 5.74) is -0.591. The molecule has 20 heavy (non-hydrogen) atoms. The van der Waals surface area contributed by atoms with Gasteiger partial charge in [-0.15, -0.1) is 0 Å². The van der Waals surface area contributed by atoms with Gasteiger partial charge in [-0.2, -0.15) is 0 Å². The normalized spacial score (nSPS) is 15.6. The Morgan fingerprint density at radius 3 is 2.60 bits per heavy atom. The largest absolute Gasteiger partial charge is 0.355 e. The minimum Gasteiger partial charge on any atom is -0.355 e. The summed E-state index contributed by atoms with van der Waals surface area (Å²) in [7, 11) is 0. The van der Waals surface area contributed by atoms with Crippen LogP contribution in [0.5, 0.6) is 0 Å². The average Bonchev–Trinajstić information content (AvgIpc) is 3.22. The second kappa shape index (κ2) is 5.79. The van der Waals surface area contributed by atoms with Crippen LogP contribution in [0, 0.1) is 11.2 Å². The van der Waals surface area contributed by atoms with Gasteiger partial charge in [-0.05, 0) is 37.5 Å². The highest BCUT2D eigenvalue weighted by Gasteiger charge is 2.56. The Kier molecular flexibility index (Phi) is 4.28. The van der Waals surface area contributed by atoms with Gasteiger partial charge in [0, 0.05) is 12.2 Å². The molecule has 0 saturated heterocycles. The molecular weight excluding hydrogens is 283 g/mol. The molecule has 6 heteroatoms. The van der Waals surface area contributed by atoms with E-state index in [4.69, 9.17) is 11.6 Å². The van der Waals surface area contributed by atoms with Crippen molar-refractivity contribution in [1.29, 1.82) is 0 Å². The fourth-order valence-corrected chi connectivity index (χ4v) is 2.10. The molecule has 1 aliphatic rings. The summed E-state index contributed by atoms with van der Waals surface area (Å²) in [6.45, 7) is 2.50. The topological polar surface area (TPSA) is 58.2 Å². The van der Waals surface area contributed by atoms with E-state index in [-0.39, 0.29) is 16.8 Å². The minimum absolute atomic E-state index is 0.0666. The van der Waals surface area contributed by atoms with Gasteiger partial charge in [0.15, 0.2) is 0 Å². The van der Waals surface area contributed by atoms with Gasteiger partial charge >= 0.3 is 0 Å². The molecule has 0 spiro atoms. The third-order valence-corrected chi connectivity index (χ3v) is 3.62. The number of carbonyl (C=O) groups excluding carboxylic acids is 2. The van der Waals surface area contributed by atoms with E-state index in [0.29, 0.717) is 25.1 Å². The molecule has 1 aromatic carbocycles. The fourth-order valence-electron chi connectivity index (χ4n) is 1.91. The first-order valence-electron chi connectivity index (χ1n) is 6.54. The SMILES string of the molecule is CCCNC(=O)C1(C(=O)Nc2ccc(F)c(Cl)c2)CC1. The Morgan fingerprint density at radius 1 is 1.35 bits per heavy atom. The summed E-state index contributed by atoms with van der Waals surface area (Å²) in [6, 6.07) is 3.92. The maximum absolute atomic E-state index is 13.0. The highest BCUT2D eigenvalue weighted by Crippen LogP contribution is 2.46. The maximum Gasteiger partial charge on any atom is 0.240 e. The number of hydrogen-bond acceptors (Lipinski definition) is 2. The number of rotatable bonds is 5. The van der Waals surface area contributed by atoms with Crippen LogP contribution < -0.4 is 10.6 Å². The first-order chi connectivity index (χ1) is 9.49. The molecule has 0 atom stereocenters. The van der Waals surface area contributed by atoms with Gasteiger partial charge < -0.3 is 10.6 Å². The molecule has 0 bridgehead atoms. The van der Waals surface area contributed by atoms with Crippen molar-refractivity contribution in [2.75, 3.05) is 11.9 Å². The van der Waals surface area contributed by atoms with E-state index in [1.54, 1.807) is 0 Å². The first-order valence-corrected chi connectivity index (χ1v) is 6.92. The number of amides is 2.